The maximum absolute atomic E-state index is 10.9. The summed E-state index contributed by atoms with van der Waals surface area (Å²) in [6, 6.07) is 0. The number of rotatable bonds is 7. The van der Waals surface area contributed by atoms with Crippen LogP contribution in [0.4, 0.5) is 0 Å². The summed E-state index contributed by atoms with van der Waals surface area (Å²) >= 11 is 0. The second kappa shape index (κ2) is 7.01. The third-order valence-corrected chi connectivity index (χ3v) is 3.28. The number of methoxy groups -OCH3 is 1. The molecule has 18 heavy (non-hydrogen) atoms. The van der Waals surface area contributed by atoms with Gasteiger partial charge in [-0.05, 0) is 12.8 Å². The summed E-state index contributed by atoms with van der Waals surface area (Å²) < 4.78 is 10.6. The Hall–Kier alpha value is -0.720. The van der Waals surface area contributed by atoms with E-state index in [1.165, 1.54) is 0 Å². The average molecular weight is 260 g/mol. The van der Waals surface area contributed by atoms with Gasteiger partial charge in [-0.25, -0.2) is 0 Å². The van der Waals surface area contributed by atoms with Gasteiger partial charge < -0.3 is 9.47 Å². The van der Waals surface area contributed by atoms with Gasteiger partial charge in [0.05, 0.1) is 25.9 Å². The van der Waals surface area contributed by atoms with E-state index in [9.17, 15) is 10.1 Å². The predicted octanol–water partition coefficient (Wildman–Crippen LogP) is 1.17. The minimum absolute atomic E-state index is 0.200. The normalized spacial score (nSPS) is 19.1. The van der Waals surface area contributed by atoms with E-state index < -0.39 is 5.54 Å². The summed E-state index contributed by atoms with van der Waals surface area (Å²) in [7, 11) is 1.66. The molecular formula is C12H24N2O4. The molecule has 0 aliphatic carbocycles. The highest BCUT2D eigenvalue weighted by Gasteiger charge is 2.34. The van der Waals surface area contributed by atoms with Crippen molar-refractivity contribution >= 4 is 0 Å². The van der Waals surface area contributed by atoms with Gasteiger partial charge in [-0.1, -0.05) is 0 Å². The van der Waals surface area contributed by atoms with Crippen LogP contribution in [0.5, 0.6) is 0 Å². The zero-order valence-electron chi connectivity index (χ0n) is 11.6. The Bertz CT molecular complexity index is 263. The minimum atomic E-state index is -0.871. The molecule has 0 unspecified atom stereocenters. The van der Waals surface area contributed by atoms with Crippen molar-refractivity contribution in [2.24, 2.45) is 0 Å². The largest absolute Gasteiger partial charge is 0.382 e. The first kappa shape index (κ1) is 15.3. The fourth-order valence-electron chi connectivity index (χ4n) is 2.14. The molecule has 0 bridgehead atoms. The van der Waals surface area contributed by atoms with Crippen molar-refractivity contribution in [3.05, 3.63) is 10.1 Å². The highest BCUT2D eigenvalue weighted by molar-refractivity contribution is 4.78. The van der Waals surface area contributed by atoms with Crippen molar-refractivity contribution in [3.8, 4) is 0 Å². The summed E-state index contributed by atoms with van der Waals surface area (Å²) in [6.45, 7) is 6.84. The molecule has 0 radical (unpaired) electrons. The van der Waals surface area contributed by atoms with Gasteiger partial charge in [0, 0.05) is 39.0 Å². The highest BCUT2D eigenvalue weighted by atomic mass is 16.6. The van der Waals surface area contributed by atoms with E-state index in [1.54, 1.807) is 21.0 Å². The topological polar surface area (TPSA) is 64.8 Å². The van der Waals surface area contributed by atoms with Crippen LogP contribution < -0.4 is 0 Å². The van der Waals surface area contributed by atoms with Crippen LogP contribution in [0.2, 0.25) is 0 Å². The van der Waals surface area contributed by atoms with Gasteiger partial charge in [0.25, 0.3) is 0 Å². The SMILES string of the molecule is COCCOC1CCN(CC(C)(C)[N+](=O)[O-])CC1. The Balaban J connectivity index is 2.25. The first-order valence-electron chi connectivity index (χ1n) is 6.43. The molecule has 0 spiro atoms. The molecule has 0 saturated carbocycles. The molecule has 6 nitrogen and oxygen atoms in total. The van der Waals surface area contributed by atoms with E-state index >= 15 is 0 Å². The summed E-state index contributed by atoms with van der Waals surface area (Å²) in [5.74, 6) is 0. The lowest BCUT2D eigenvalue weighted by Crippen LogP contribution is -2.48. The van der Waals surface area contributed by atoms with Crippen molar-refractivity contribution in [2.75, 3.05) is 40.0 Å². The number of nitrogens with zero attached hydrogens (tertiary/aromatic N) is 2. The predicted molar refractivity (Wildman–Crippen MR) is 68.4 cm³/mol. The summed E-state index contributed by atoms with van der Waals surface area (Å²) in [6.07, 6.45) is 2.16. The molecule has 1 fully saturated rings. The zero-order valence-corrected chi connectivity index (χ0v) is 11.6. The van der Waals surface area contributed by atoms with Crippen molar-refractivity contribution < 1.29 is 14.4 Å². The van der Waals surface area contributed by atoms with Crippen LogP contribution in [0.15, 0.2) is 0 Å². The maximum atomic E-state index is 10.9. The Kier molecular flexibility index (Phi) is 5.98. The fourth-order valence-corrected chi connectivity index (χ4v) is 2.14. The van der Waals surface area contributed by atoms with Crippen molar-refractivity contribution in [1.82, 2.24) is 4.90 Å². The first-order chi connectivity index (χ1) is 8.45. The summed E-state index contributed by atoms with van der Waals surface area (Å²) in [5, 5.41) is 10.9. The maximum Gasteiger partial charge on any atom is 0.229 e. The highest BCUT2D eigenvalue weighted by Crippen LogP contribution is 2.17. The van der Waals surface area contributed by atoms with Crippen molar-refractivity contribution in [2.45, 2.75) is 38.3 Å². The van der Waals surface area contributed by atoms with E-state index in [0.717, 1.165) is 25.9 Å². The molecular weight excluding hydrogens is 236 g/mol. The Morgan fingerprint density at radius 3 is 2.44 bits per heavy atom. The van der Waals surface area contributed by atoms with Gasteiger partial charge in [-0.15, -0.1) is 0 Å². The Labute approximate surface area is 108 Å². The summed E-state index contributed by atoms with van der Waals surface area (Å²) in [4.78, 5) is 12.8. The Morgan fingerprint density at radius 1 is 1.33 bits per heavy atom. The number of piperidine rings is 1. The summed E-state index contributed by atoms with van der Waals surface area (Å²) in [5.41, 5.74) is -0.871. The van der Waals surface area contributed by atoms with Gasteiger partial charge >= 0.3 is 0 Å². The van der Waals surface area contributed by atoms with Crippen LogP contribution >= 0.6 is 0 Å². The van der Waals surface area contributed by atoms with Crippen LogP contribution in [0.25, 0.3) is 0 Å². The van der Waals surface area contributed by atoms with Crippen molar-refractivity contribution in [3.63, 3.8) is 0 Å². The van der Waals surface area contributed by atoms with E-state index in [0.29, 0.717) is 19.8 Å². The molecule has 0 aromatic heterocycles. The average Bonchev–Trinajstić information content (AvgIpc) is 2.31. The lowest BCUT2D eigenvalue weighted by Gasteiger charge is -2.33. The molecule has 106 valence electrons. The molecule has 0 aromatic carbocycles. The van der Waals surface area contributed by atoms with Crippen LogP contribution in [0, 0.1) is 10.1 Å². The molecule has 1 aliphatic heterocycles. The van der Waals surface area contributed by atoms with E-state index in [-0.39, 0.29) is 11.0 Å². The number of hydrogen-bond acceptors (Lipinski definition) is 5. The number of ether oxygens (including phenoxy) is 2. The number of hydrogen-bond donors (Lipinski definition) is 0. The molecule has 1 rings (SSSR count). The standard InChI is InChI=1S/C12H24N2O4/c1-12(2,14(15)16)10-13-6-4-11(5-7-13)18-9-8-17-3/h11H,4-10H2,1-3H3. The van der Waals surface area contributed by atoms with Gasteiger partial charge in [0.15, 0.2) is 0 Å². The van der Waals surface area contributed by atoms with Gasteiger partial charge in [0.1, 0.15) is 0 Å². The minimum Gasteiger partial charge on any atom is -0.382 e. The quantitative estimate of drug-likeness (QED) is 0.390. The van der Waals surface area contributed by atoms with E-state index in [2.05, 4.69) is 4.90 Å². The fraction of sp³-hybridized carbons (Fsp3) is 1.00. The molecule has 1 heterocycles. The van der Waals surface area contributed by atoms with Crippen LogP contribution in [0.3, 0.4) is 0 Å². The molecule has 0 N–H and O–H groups in total. The smallest absolute Gasteiger partial charge is 0.229 e. The van der Waals surface area contributed by atoms with Crippen LogP contribution in [0.1, 0.15) is 26.7 Å². The van der Waals surface area contributed by atoms with Crippen LogP contribution in [-0.4, -0.2) is 61.4 Å². The van der Waals surface area contributed by atoms with Gasteiger partial charge in [0.2, 0.25) is 5.54 Å². The molecule has 1 saturated heterocycles. The third-order valence-electron chi connectivity index (χ3n) is 3.28. The first-order valence-corrected chi connectivity index (χ1v) is 6.43. The lowest BCUT2D eigenvalue weighted by atomic mass is 10.0. The Morgan fingerprint density at radius 2 is 1.94 bits per heavy atom. The van der Waals surface area contributed by atoms with Gasteiger partial charge in [-0.3, -0.25) is 15.0 Å². The third kappa shape index (κ3) is 4.88. The zero-order chi connectivity index (χ0) is 13.6. The molecule has 0 amide bonds. The molecule has 0 aromatic rings. The van der Waals surface area contributed by atoms with E-state index in [4.69, 9.17) is 9.47 Å². The second-order valence-corrected chi connectivity index (χ2v) is 5.41. The monoisotopic (exact) mass is 260 g/mol. The van der Waals surface area contributed by atoms with Crippen LogP contribution in [-0.2, 0) is 9.47 Å². The molecule has 6 heteroatoms. The molecule has 0 atom stereocenters. The number of nitro groups is 1. The second-order valence-electron chi connectivity index (χ2n) is 5.41. The lowest BCUT2D eigenvalue weighted by molar-refractivity contribution is -0.561. The van der Waals surface area contributed by atoms with Crippen molar-refractivity contribution in [1.29, 1.82) is 0 Å². The van der Waals surface area contributed by atoms with E-state index in [1.807, 2.05) is 0 Å². The van der Waals surface area contributed by atoms with Gasteiger partial charge in [-0.2, -0.15) is 0 Å². The number of likely N-dealkylation sites (tertiary alicyclic amines) is 1. The molecule has 1 aliphatic rings.